The zero-order chi connectivity index (χ0) is 30.0. The third kappa shape index (κ3) is 8.18. The molecule has 216 valence electrons. The molecule has 0 unspecified atom stereocenters. The Labute approximate surface area is 244 Å². The van der Waals surface area contributed by atoms with E-state index in [-0.39, 0.29) is 17.4 Å². The van der Waals surface area contributed by atoms with Crippen molar-refractivity contribution in [2.45, 2.75) is 11.8 Å². The van der Waals surface area contributed by atoms with Crippen molar-refractivity contribution in [3.05, 3.63) is 114 Å². The van der Waals surface area contributed by atoms with Gasteiger partial charge in [0, 0.05) is 5.69 Å². The molecule has 0 aliphatic rings. The SMILES string of the molecule is COc1ccc(NC(=O)COc2ccc(/C=N\NC(=O)CN(c3ccc(C)cc3)S(=O)(=O)c3ccccc3)cc2)cc1. The van der Waals surface area contributed by atoms with Gasteiger partial charge in [-0.3, -0.25) is 13.9 Å². The van der Waals surface area contributed by atoms with Crippen molar-refractivity contribution in [3.63, 3.8) is 0 Å². The summed E-state index contributed by atoms with van der Waals surface area (Å²) < 4.78 is 38.4. The van der Waals surface area contributed by atoms with Crippen LogP contribution in [0.25, 0.3) is 0 Å². The summed E-state index contributed by atoms with van der Waals surface area (Å²) in [4.78, 5) is 25.0. The number of ether oxygens (including phenoxy) is 2. The first kappa shape index (κ1) is 29.8. The first-order valence-corrected chi connectivity index (χ1v) is 14.3. The van der Waals surface area contributed by atoms with Gasteiger partial charge in [-0.25, -0.2) is 13.8 Å². The van der Waals surface area contributed by atoms with E-state index in [1.165, 1.54) is 18.3 Å². The highest BCUT2D eigenvalue weighted by molar-refractivity contribution is 7.92. The van der Waals surface area contributed by atoms with E-state index in [1.54, 1.807) is 98.1 Å². The number of nitrogens with one attached hydrogen (secondary N) is 2. The summed E-state index contributed by atoms with van der Waals surface area (Å²) in [5.74, 6) is 0.227. The van der Waals surface area contributed by atoms with E-state index in [0.717, 1.165) is 9.87 Å². The molecule has 2 N–H and O–H groups in total. The van der Waals surface area contributed by atoms with Gasteiger partial charge in [0.25, 0.3) is 21.8 Å². The summed E-state index contributed by atoms with van der Waals surface area (Å²) in [5.41, 5.74) is 4.97. The maximum absolute atomic E-state index is 13.4. The van der Waals surface area contributed by atoms with Crippen molar-refractivity contribution >= 4 is 39.4 Å². The maximum Gasteiger partial charge on any atom is 0.264 e. The Bertz CT molecular complexity index is 1620. The van der Waals surface area contributed by atoms with Crippen molar-refractivity contribution in [2.75, 3.05) is 29.9 Å². The quantitative estimate of drug-likeness (QED) is 0.188. The van der Waals surface area contributed by atoms with E-state index in [4.69, 9.17) is 9.47 Å². The second-order valence-corrected chi connectivity index (χ2v) is 11.0. The van der Waals surface area contributed by atoms with Crippen LogP contribution < -0.4 is 24.5 Å². The van der Waals surface area contributed by atoms with Crippen LogP contribution in [0.1, 0.15) is 11.1 Å². The van der Waals surface area contributed by atoms with Gasteiger partial charge in [-0.2, -0.15) is 5.10 Å². The molecule has 0 bridgehead atoms. The normalized spacial score (nSPS) is 11.1. The van der Waals surface area contributed by atoms with Gasteiger partial charge in [0.2, 0.25) is 0 Å². The summed E-state index contributed by atoms with van der Waals surface area (Å²) >= 11 is 0. The lowest BCUT2D eigenvalue weighted by Gasteiger charge is -2.23. The van der Waals surface area contributed by atoms with Crippen LogP contribution in [0.15, 0.2) is 113 Å². The van der Waals surface area contributed by atoms with Gasteiger partial charge in [-0.15, -0.1) is 0 Å². The minimum absolute atomic E-state index is 0.0717. The third-order valence-electron chi connectivity index (χ3n) is 5.97. The largest absolute Gasteiger partial charge is 0.497 e. The fourth-order valence-corrected chi connectivity index (χ4v) is 5.20. The Morgan fingerprint density at radius 1 is 0.833 bits per heavy atom. The Morgan fingerprint density at radius 2 is 1.48 bits per heavy atom. The van der Waals surface area contributed by atoms with E-state index >= 15 is 0 Å². The van der Waals surface area contributed by atoms with E-state index in [1.807, 2.05) is 6.92 Å². The minimum atomic E-state index is -4.00. The predicted octanol–water partition coefficient (Wildman–Crippen LogP) is 4.37. The maximum atomic E-state index is 13.4. The van der Waals surface area contributed by atoms with Crippen LogP contribution in [0.3, 0.4) is 0 Å². The smallest absolute Gasteiger partial charge is 0.264 e. The number of carbonyl (C=O) groups excluding carboxylic acids is 2. The number of sulfonamides is 1. The molecular formula is C31H30N4O6S. The Morgan fingerprint density at radius 3 is 2.12 bits per heavy atom. The molecule has 4 rings (SSSR count). The molecule has 0 aliphatic carbocycles. The number of carbonyl (C=O) groups is 2. The molecule has 2 amide bonds. The highest BCUT2D eigenvalue weighted by Crippen LogP contribution is 2.24. The lowest BCUT2D eigenvalue weighted by atomic mass is 10.2. The summed E-state index contributed by atoms with van der Waals surface area (Å²) in [6, 6.07) is 28.4. The number of aryl methyl sites for hydroxylation is 1. The van der Waals surface area contributed by atoms with Gasteiger partial charge in [0.05, 0.1) is 23.9 Å². The number of amides is 2. The van der Waals surface area contributed by atoms with Crippen molar-refractivity contribution in [1.29, 1.82) is 0 Å². The molecule has 0 aliphatic heterocycles. The number of hydrazone groups is 1. The fraction of sp³-hybridized carbons (Fsp3) is 0.129. The van der Waals surface area contributed by atoms with E-state index in [0.29, 0.717) is 28.4 Å². The zero-order valence-corrected chi connectivity index (χ0v) is 23.9. The molecule has 0 atom stereocenters. The van der Waals surface area contributed by atoms with Crippen molar-refractivity contribution in [3.8, 4) is 11.5 Å². The molecular weight excluding hydrogens is 556 g/mol. The Hall–Kier alpha value is -5.16. The molecule has 10 nitrogen and oxygen atoms in total. The molecule has 42 heavy (non-hydrogen) atoms. The van der Waals surface area contributed by atoms with Crippen LogP contribution in [0.2, 0.25) is 0 Å². The van der Waals surface area contributed by atoms with Crippen LogP contribution in [0.5, 0.6) is 11.5 Å². The van der Waals surface area contributed by atoms with Crippen LogP contribution in [-0.2, 0) is 19.6 Å². The number of rotatable bonds is 12. The van der Waals surface area contributed by atoms with Gasteiger partial charge < -0.3 is 14.8 Å². The first-order chi connectivity index (χ1) is 20.2. The molecule has 4 aromatic rings. The molecule has 0 saturated heterocycles. The van der Waals surface area contributed by atoms with E-state index < -0.39 is 22.5 Å². The van der Waals surface area contributed by atoms with Crippen LogP contribution in [-0.4, -0.2) is 46.7 Å². The Balaban J connectivity index is 1.32. The van der Waals surface area contributed by atoms with Crippen molar-refractivity contribution < 1.29 is 27.5 Å². The number of hydrogen-bond donors (Lipinski definition) is 2. The highest BCUT2D eigenvalue weighted by Gasteiger charge is 2.27. The third-order valence-corrected chi connectivity index (χ3v) is 7.76. The number of nitrogens with zero attached hydrogens (tertiary/aromatic N) is 2. The lowest BCUT2D eigenvalue weighted by Crippen LogP contribution is -2.39. The summed E-state index contributed by atoms with van der Waals surface area (Å²) in [5, 5.41) is 6.70. The lowest BCUT2D eigenvalue weighted by molar-refractivity contribution is -0.119. The average Bonchev–Trinajstić information content (AvgIpc) is 3.01. The number of methoxy groups -OCH3 is 1. The van der Waals surface area contributed by atoms with Gasteiger partial charge in [0.1, 0.15) is 18.0 Å². The van der Waals surface area contributed by atoms with Gasteiger partial charge in [-0.05, 0) is 85.3 Å². The number of hydrogen-bond acceptors (Lipinski definition) is 7. The summed E-state index contributed by atoms with van der Waals surface area (Å²) in [6.07, 6.45) is 1.42. The molecule has 0 radical (unpaired) electrons. The predicted molar refractivity (Wildman–Crippen MR) is 161 cm³/mol. The molecule has 0 heterocycles. The molecule has 0 spiro atoms. The zero-order valence-electron chi connectivity index (χ0n) is 23.1. The van der Waals surface area contributed by atoms with Gasteiger partial charge >= 0.3 is 0 Å². The molecule has 11 heteroatoms. The minimum Gasteiger partial charge on any atom is -0.497 e. The monoisotopic (exact) mass is 586 g/mol. The van der Waals surface area contributed by atoms with Crippen molar-refractivity contribution in [2.24, 2.45) is 5.10 Å². The average molecular weight is 587 g/mol. The van der Waals surface area contributed by atoms with Crippen molar-refractivity contribution in [1.82, 2.24) is 5.43 Å². The van der Waals surface area contributed by atoms with E-state index in [2.05, 4.69) is 15.8 Å². The van der Waals surface area contributed by atoms with Crippen LogP contribution in [0.4, 0.5) is 11.4 Å². The second-order valence-electron chi connectivity index (χ2n) is 9.09. The standard InChI is InChI=1S/C31H30N4O6S/c1-23-8-14-26(15-9-23)35(42(38,39)29-6-4-3-5-7-29)21-30(36)34-32-20-24-10-16-28(17-11-24)41-22-31(37)33-25-12-18-27(40-2)19-13-25/h3-20H,21-22H2,1-2H3,(H,33,37)(H,34,36)/b32-20-. The topological polar surface area (TPSA) is 126 Å². The number of anilines is 2. The molecule has 0 aromatic heterocycles. The van der Waals surface area contributed by atoms with Gasteiger partial charge in [0.15, 0.2) is 6.61 Å². The molecule has 0 saturated carbocycles. The summed E-state index contributed by atoms with van der Waals surface area (Å²) in [7, 11) is -2.44. The second kappa shape index (κ2) is 14.0. The van der Waals surface area contributed by atoms with Crippen LogP contribution in [0, 0.1) is 6.92 Å². The fourth-order valence-electron chi connectivity index (χ4n) is 3.76. The van der Waals surface area contributed by atoms with Gasteiger partial charge in [-0.1, -0.05) is 35.9 Å². The Kier molecular flexibility index (Phi) is 9.90. The first-order valence-electron chi connectivity index (χ1n) is 12.9. The highest BCUT2D eigenvalue weighted by atomic mass is 32.2. The molecule has 0 fully saturated rings. The van der Waals surface area contributed by atoms with Crippen LogP contribution >= 0.6 is 0 Å². The number of benzene rings is 4. The molecule has 4 aromatic carbocycles. The summed E-state index contributed by atoms with van der Waals surface area (Å²) in [6.45, 7) is 1.24. The van der Waals surface area contributed by atoms with E-state index in [9.17, 15) is 18.0 Å².